The van der Waals surface area contributed by atoms with Gasteiger partial charge in [0.15, 0.2) is 0 Å². The van der Waals surface area contributed by atoms with Gasteiger partial charge in [0.2, 0.25) is 5.91 Å². The Kier molecular flexibility index (Phi) is 9.86. The molecule has 0 radical (unpaired) electrons. The molecule has 20 heavy (non-hydrogen) atoms. The van der Waals surface area contributed by atoms with Crippen LogP contribution >= 0.6 is 12.4 Å². The number of para-hydroxylation sites is 1. The number of nitrogens with two attached hydrogens (primary N) is 1. The molecule has 0 bridgehead atoms. The zero-order valence-electron chi connectivity index (χ0n) is 12.2. The lowest BCUT2D eigenvalue weighted by atomic mass is 10.2. The highest BCUT2D eigenvalue weighted by atomic mass is 35.5. The maximum Gasteiger partial charge on any atom is 0.220 e. The van der Waals surface area contributed by atoms with Gasteiger partial charge in [-0.05, 0) is 37.9 Å². The Morgan fingerprint density at radius 1 is 1.40 bits per heavy atom. The Bertz CT molecular complexity index is 399. The lowest BCUT2D eigenvalue weighted by Gasteiger charge is -2.19. The van der Waals surface area contributed by atoms with Gasteiger partial charge < -0.3 is 15.8 Å². The largest absolute Gasteiger partial charge is 0.488 e. The van der Waals surface area contributed by atoms with Crippen molar-refractivity contribution in [3.05, 3.63) is 29.8 Å². The highest BCUT2D eigenvalue weighted by Crippen LogP contribution is 2.18. The summed E-state index contributed by atoms with van der Waals surface area (Å²) >= 11 is 0. The molecule has 1 unspecified atom stereocenters. The van der Waals surface area contributed by atoms with Crippen molar-refractivity contribution in [2.24, 2.45) is 5.73 Å². The number of amides is 1. The van der Waals surface area contributed by atoms with E-state index in [9.17, 15) is 4.79 Å². The topological polar surface area (TPSA) is 64.4 Å². The Balaban J connectivity index is 0.00000361. The van der Waals surface area contributed by atoms with E-state index in [1.807, 2.05) is 31.2 Å². The lowest BCUT2D eigenvalue weighted by molar-refractivity contribution is -0.121. The van der Waals surface area contributed by atoms with Gasteiger partial charge in [0, 0.05) is 6.42 Å². The first-order valence-corrected chi connectivity index (χ1v) is 6.86. The molecule has 0 saturated heterocycles. The van der Waals surface area contributed by atoms with Gasteiger partial charge in [-0.25, -0.2) is 0 Å². The second-order valence-electron chi connectivity index (χ2n) is 4.61. The fraction of sp³-hybridized carbons (Fsp3) is 0.533. The number of hydrogen-bond acceptors (Lipinski definition) is 3. The third kappa shape index (κ3) is 6.78. The van der Waals surface area contributed by atoms with E-state index in [1.165, 1.54) is 0 Å². The van der Waals surface area contributed by atoms with Crippen molar-refractivity contribution in [2.45, 2.75) is 39.2 Å². The molecule has 0 heterocycles. The van der Waals surface area contributed by atoms with Crippen molar-refractivity contribution in [1.29, 1.82) is 0 Å². The van der Waals surface area contributed by atoms with Gasteiger partial charge in [-0.1, -0.05) is 25.1 Å². The molecule has 1 atom stereocenters. The zero-order chi connectivity index (χ0) is 14.1. The van der Waals surface area contributed by atoms with Crippen LogP contribution in [-0.4, -0.2) is 25.1 Å². The van der Waals surface area contributed by atoms with Gasteiger partial charge in [-0.3, -0.25) is 4.79 Å². The fourth-order valence-corrected chi connectivity index (χ4v) is 1.72. The minimum atomic E-state index is 0. The molecule has 114 valence electrons. The van der Waals surface area contributed by atoms with Gasteiger partial charge in [-0.15, -0.1) is 12.4 Å². The van der Waals surface area contributed by atoms with Crippen molar-refractivity contribution in [2.75, 3.05) is 13.1 Å². The molecule has 1 aromatic rings. The first kappa shape index (κ1) is 18.7. The van der Waals surface area contributed by atoms with Crippen LogP contribution in [0.1, 0.15) is 31.7 Å². The van der Waals surface area contributed by atoms with Crippen LogP contribution in [0.15, 0.2) is 24.3 Å². The van der Waals surface area contributed by atoms with Gasteiger partial charge in [0.05, 0.1) is 6.54 Å². The van der Waals surface area contributed by atoms with Crippen LogP contribution in [0.2, 0.25) is 0 Å². The predicted molar refractivity (Wildman–Crippen MR) is 84.4 cm³/mol. The number of nitrogens with one attached hydrogen (secondary N) is 1. The summed E-state index contributed by atoms with van der Waals surface area (Å²) in [6.45, 7) is 5.15. The van der Waals surface area contributed by atoms with Crippen LogP contribution in [0.25, 0.3) is 0 Å². The number of rotatable bonds is 8. The number of carbonyl (C=O) groups excluding carboxylic acids is 1. The molecule has 0 aliphatic carbocycles. The van der Waals surface area contributed by atoms with Crippen LogP contribution in [0, 0.1) is 6.92 Å². The van der Waals surface area contributed by atoms with Crippen LogP contribution in [-0.2, 0) is 4.79 Å². The monoisotopic (exact) mass is 300 g/mol. The third-order valence-electron chi connectivity index (χ3n) is 2.98. The standard InChI is InChI=1S/C15H24N2O2.ClH/c1-3-13(11-17-15(18)9-6-10-16)19-14-8-5-4-7-12(14)2;/h4-5,7-8,13H,3,6,9-11,16H2,1-2H3,(H,17,18);1H. The average molecular weight is 301 g/mol. The van der Waals surface area contributed by atoms with Crippen LogP contribution in [0.5, 0.6) is 5.75 Å². The molecule has 0 aliphatic rings. The van der Waals surface area contributed by atoms with Crippen molar-refractivity contribution in [1.82, 2.24) is 5.32 Å². The molecule has 0 spiro atoms. The van der Waals surface area contributed by atoms with Crippen LogP contribution < -0.4 is 15.8 Å². The molecule has 0 aromatic heterocycles. The van der Waals surface area contributed by atoms with Crippen molar-refractivity contribution >= 4 is 18.3 Å². The summed E-state index contributed by atoms with van der Waals surface area (Å²) in [6, 6.07) is 7.91. The third-order valence-corrected chi connectivity index (χ3v) is 2.98. The molecule has 1 amide bonds. The molecule has 4 nitrogen and oxygen atoms in total. The molecule has 3 N–H and O–H groups in total. The smallest absolute Gasteiger partial charge is 0.220 e. The molecule has 5 heteroatoms. The maximum atomic E-state index is 11.5. The highest BCUT2D eigenvalue weighted by Gasteiger charge is 2.11. The second-order valence-corrected chi connectivity index (χ2v) is 4.61. The Morgan fingerprint density at radius 2 is 2.10 bits per heavy atom. The van der Waals surface area contributed by atoms with E-state index in [0.717, 1.165) is 24.2 Å². The summed E-state index contributed by atoms with van der Waals surface area (Å²) in [4.78, 5) is 11.5. The first-order valence-electron chi connectivity index (χ1n) is 6.86. The first-order chi connectivity index (χ1) is 9.17. The quantitative estimate of drug-likeness (QED) is 0.775. The molecular weight excluding hydrogens is 276 g/mol. The normalized spacial score (nSPS) is 11.3. The number of aryl methyl sites for hydroxylation is 1. The maximum absolute atomic E-state index is 11.5. The van der Waals surface area contributed by atoms with E-state index < -0.39 is 0 Å². The summed E-state index contributed by atoms with van der Waals surface area (Å²) < 4.78 is 5.91. The highest BCUT2D eigenvalue weighted by molar-refractivity contribution is 5.85. The van der Waals surface area contributed by atoms with E-state index in [1.54, 1.807) is 0 Å². The van der Waals surface area contributed by atoms with E-state index in [-0.39, 0.29) is 24.4 Å². The fourth-order valence-electron chi connectivity index (χ4n) is 1.72. The molecule has 1 rings (SSSR count). The van der Waals surface area contributed by atoms with Crippen molar-refractivity contribution in [3.63, 3.8) is 0 Å². The van der Waals surface area contributed by atoms with Gasteiger partial charge in [-0.2, -0.15) is 0 Å². The molecule has 0 fully saturated rings. The number of halogens is 1. The van der Waals surface area contributed by atoms with Crippen LogP contribution in [0.4, 0.5) is 0 Å². The molecule has 0 aliphatic heterocycles. The molecule has 0 saturated carbocycles. The van der Waals surface area contributed by atoms with E-state index in [2.05, 4.69) is 12.2 Å². The Hall–Kier alpha value is -1.26. The summed E-state index contributed by atoms with van der Waals surface area (Å²) in [5, 5.41) is 2.89. The second kappa shape index (κ2) is 10.5. The summed E-state index contributed by atoms with van der Waals surface area (Å²) in [6.07, 6.45) is 2.06. The number of carbonyl (C=O) groups is 1. The van der Waals surface area contributed by atoms with Gasteiger partial charge >= 0.3 is 0 Å². The zero-order valence-corrected chi connectivity index (χ0v) is 13.0. The van der Waals surface area contributed by atoms with Gasteiger partial charge in [0.25, 0.3) is 0 Å². The number of ether oxygens (including phenoxy) is 1. The summed E-state index contributed by atoms with van der Waals surface area (Å²) in [5.41, 5.74) is 6.48. The Labute approximate surface area is 127 Å². The lowest BCUT2D eigenvalue weighted by Crippen LogP contribution is -2.35. The molecule has 1 aromatic carbocycles. The molecular formula is C15H25ClN2O2. The number of benzene rings is 1. The predicted octanol–water partition coefficient (Wildman–Crippen LogP) is 2.43. The Morgan fingerprint density at radius 3 is 2.70 bits per heavy atom. The van der Waals surface area contributed by atoms with Crippen molar-refractivity contribution in [3.8, 4) is 5.75 Å². The van der Waals surface area contributed by atoms with Crippen LogP contribution in [0.3, 0.4) is 0 Å². The van der Waals surface area contributed by atoms with E-state index >= 15 is 0 Å². The summed E-state index contributed by atoms with van der Waals surface area (Å²) in [5.74, 6) is 0.919. The minimum Gasteiger partial charge on any atom is -0.488 e. The minimum absolute atomic E-state index is 0. The summed E-state index contributed by atoms with van der Waals surface area (Å²) in [7, 11) is 0. The van der Waals surface area contributed by atoms with E-state index in [4.69, 9.17) is 10.5 Å². The average Bonchev–Trinajstić information content (AvgIpc) is 2.43. The van der Waals surface area contributed by atoms with E-state index in [0.29, 0.717) is 19.5 Å². The number of hydrogen-bond donors (Lipinski definition) is 2. The van der Waals surface area contributed by atoms with Crippen molar-refractivity contribution < 1.29 is 9.53 Å². The van der Waals surface area contributed by atoms with Gasteiger partial charge in [0.1, 0.15) is 11.9 Å². The SMILES string of the molecule is CCC(CNC(=O)CCCN)Oc1ccccc1C.Cl.